The second-order valence-corrected chi connectivity index (χ2v) is 5.34. The van der Waals surface area contributed by atoms with Gasteiger partial charge in [0.05, 0.1) is 5.69 Å². The van der Waals surface area contributed by atoms with Crippen molar-refractivity contribution in [2.45, 2.75) is 39.5 Å². The van der Waals surface area contributed by atoms with Crippen LogP contribution in [0, 0.1) is 0 Å². The number of aliphatic imine (C=N–C) groups is 1. The Labute approximate surface area is 156 Å². The van der Waals surface area contributed by atoms with E-state index in [0.717, 1.165) is 49.8 Å². The van der Waals surface area contributed by atoms with E-state index in [2.05, 4.69) is 45.1 Å². The van der Waals surface area contributed by atoms with Gasteiger partial charge in [0.2, 0.25) is 0 Å². The molecule has 0 amide bonds. The predicted octanol–water partition coefficient (Wildman–Crippen LogP) is 3.24. The molecule has 5 nitrogen and oxygen atoms in total. The third kappa shape index (κ3) is 6.76. The second-order valence-electron chi connectivity index (χ2n) is 5.34. The lowest BCUT2D eigenvalue weighted by Gasteiger charge is -2.10. The molecular formula is C17H28IN5. The Hall–Kier alpha value is -1.31. The lowest BCUT2D eigenvalue weighted by atomic mass is 10.2. The van der Waals surface area contributed by atoms with Crippen LogP contribution in [0.1, 0.15) is 38.8 Å². The van der Waals surface area contributed by atoms with E-state index >= 15 is 0 Å². The summed E-state index contributed by atoms with van der Waals surface area (Å²) in [5.74, 6) is 0.905. The van der Waals surface area contributed by atoms with Crippen molar-refractivity contribution in [3.8, 4) is 0 Å². The summed E-state index contributed by atoms with van der Waals surface area (Å²) in [5, 5.41) is 6.67. The number of nitrogens with one attached hydrogen (secondary N) is 2. The van der Waals surface area contributed by atoms with E-state index in [9.17, 15) is 0 Å². The highest BCUT2D eigenvalue weighted by molar-refractivity contribution is 14.0. The van der Waals surface area contributed by atoms with Gasteiger partial charge in [0.25, 0.3) is 0 Å². The standard InChI is InChI=1S/C17H27N5.HI/c1-3-5-7-11-19-17(18-4-2)20-12-10-15-14-22-13-8-6-9-16(22)21-15;/h6,8-9,13-14H,3-5,7,10-12H2,1-2H3,(H2,18,19,20);1H. The molecular weight excluding hydrogens is 401 g/mol. The minimum Gasteiger partial charge on any atom is -0.357 e. The Balaban J connectivity index is 0.00000264. The van der Waals surface area contributed by atoms with Gasteiger partial charge in [0.1, 0.15) is 5.65 Å². The maximum absolute atomic E-state index is 4.60. The summed E-state index contributed by atoms with van der Waals surface area (Å²) in [6.45, 7) is 6.91. The van der Waals surface area contributed by atoms with Gasteiger partial charge in [-0.15, -0.1) is 24.0 Å². The summed E-state index contributed by atoms with van der Waals surface area (Å²) >= 11 is 0. The quantitative estimate of drug-likeness (QED) is 0.293. The molecule has 6 heteroatoms. The first kappa shape index (κ1) is 19.7. The molecule has 0 saturated heterocycles. The van der Waals surface area contributed by atoms with Gasteiger partial charge in [0.15, 0.2) is 5.96 Å². The Morgan fingerprint density at radius 2 is 2.09 bits per heavy atom. The molecule has 0 radical (unpaired) electrons. The summed E-state index contributed by atoms with van der Waals surface area (Å²) in [6, 6.07) is 6.05. The zero-order valence-electron chi connectivity index (χ0n) is 14.1. The van der Waals surface area contributed by atoms with Gasteiger partial charge in [0, 0.05) is 38.4 Å². The number of fused-ring (bicyclic) bond motifs is 1. The molecule has 2 rings (SSSR count). The molecule has 0 aromatic carbocycles. The molecule has 0 aliphatic rings. The third-order valence-corrected chi connectivity index (χ3v) is 3.46. The highest BCUT2D eigenvalue weighted by Gasteiger charge is 2.02. The normalized spacial score (nSPS) is 11.3. The van der Waals surface area contributed by atoms with E-state index in [1.54, 1.807) is 0 Å². The van der Waals surface area contributed by atoms with Crippen LogP contribution in [0.15, 0.2) is 35.6 Å². The molecule has 0 aliphatic carbocycles. The van der Waals surface area contributed by atoms with E-state index in [4.69, 9.17) is 0 Å². The molecule has 2 aromatic rings. The molecule has 2 heterocycles. The van der Waals surface area contributed by atoms with Gasteiger partial charge in [-0.2, -0.15) is 0 Å². The van der Waals surface area contributed by atoms with Crippen LogP contribution in [0.2, 0.25) is 0 Å². The number of hydrogen-bond donors (Lipinski definition) is 2. The highest BCUT2D eigenvalue weighted by atomic mass is 127. The molecule has 0 atom stereocenters. The fraction of sp³-hybridized carbons (Fsp3) is 0.529. The summed E-state index contributed by atoms with van der Waals surface area (Å²) in [4.78, 5) is 9.20. The smallest absolute Gasteiger partial charge is 0.191 e. The number of guanidine groups is 1. The SMILES string of the molecule is CCCCCN=C(NCC)NCCc1cn2ccccc2n1.I. The number of halogens is 1. The number of pyridine rings is 1. The first-order valence-electron chi connectivity index (χ1n) is 8.28. The van der Waals surface area contributed by atoms with Crippen LogP contribution >= 0.6 is 24.0 Å². The molecule has 0 bridgehead atoms. The molecule has 23 heavy (non-hydrogen) atoms. The average Bonchev–Trinajstić information content (AvgIpc) is 2.94. The Kier molecular flexibility index (Phi) is 9.66. The van der Waals surface area contributed by atoms with Crippen molar-refractivity contribution in [2.24, 2.45) is 4.99 Å². The molecule has 0 fully saturated rings. The molecule has 0 spiro atoms. The molecule has 128 valence electrons. The van der Waals surface area contributed by atoms with E-state index in [0.29, 0.717) is 0 Å². The van der Waals surface area contributed by atoms with Crippen LogP contribution in [0.4, 0.5) is 0 Å². The number of hydrogen-bond acceptors (Lipinski definition) is 2. The summed E-state index contributed by atoms with van der Waals surface area (Å²) < 4.78 is 2.05. The second kappa shape index (κ2) is 11.3. The van der Waals surface area contributed by atoms with Crippen molar-refractivity contribution in [3.05, 3.63) is 36.3 Å². The van der Waals surface area contributed by atoms with Crippen molar-refractivity contribution in [1.29, 1.82) is 0 Å². The fourth-order valence-electron chi connectivity index (χ4n) is 2.31. The number of rotatable bonds is 8. The van der Waals surface area contributed by atoms with E-state index in [1.807, 2.05) is 24.4 Å². The summed E-state index contributed by atoms with van der Waals surface area (Å²) in [5.41, 5.74) is 2.10. The van der Waals surface area contributed by atoms with Gasteiger partial charge in [-0.3, -0.25) is 4.99 Å². The lowest BCUT2D eigenvalue weighted by molar-refractivity contribution is 0.716. The number of imidazole rings is 1. The van der Waals surface area contributed by atoms with E-state index in [-0.39, 0.29) is 24.0 Å². The number of unbranched alkanes of at least 4 members (excludes halogenated alkanes) is 2. The number of nitrogens with zero attached hydrogens (tertiary/aromatic N) is 3. The molecule has 2 N–H and O–H groups in total. The van der Waals surface area contributed by atoms with Crippen molar-refractivity contribution in [3.63, 3.8) is 0 Å². The van der Waals surface area contributed by atoms with Crippen molar-refractivity contribution in [1.82, 2.24) is 20.0 Å². The third-order valence-electron chi connectivity index (χ3n) is 3.46. The minimum absolute atomic E-state index is 0. The summed E-state index contributed by atoms with van der Waals surface area (Å²) in [7, 11) is 0. The first-order valence-corrected chi connectivity index (χ1v) is 8.28. The molecule has 2 aromatic heterocycles. The van der Waals surface area contributed by atoms with Crippen molar-refractivity contribution >= 4 is 35.6 Å². The monoisotopic (exact) mass is 429 g/mol. The molecule has 0 saturated carbocycles. The van der Waals surface area contributed by atoms with Gasteiger partial charge < -0.3 is 15.0 Å². The highest BCUT2D eigenvalue weighted by Crippen LogP contribution is 2.04. The van der Waals surface area contributed by atoms with E-state index in [1.165, 1.54) is 12.8 Å². The van der Waals surface area contributed by atoms with Crippen LogP contribution in [-0.2, 0) is 6.42 Å². The molecule has 0 unspecified atom stereocenters. The van der Waals surface area contributed by atoms with Crippen LogP contribution in [0.3, 0.4) is 0 Å². The van der Waals surface area contributed by atoms with Gasteiger partial charge in [-0.1, -0.05) is 25.8 Å². The Morgan fingerprint density at radius 1 is 1.22 bits per heavy atom. The maximum atomic E-state index is 4.60. The first-order chi connectivity index (χ1) is 10.8. The predicted molar refractivity (Wildman–Crippen MR) is 108 cm³/mol. The van der Waals surface area contributed by atoms with Crippen LogP contribution < -0.4 is 10.6 Å². The van der Waals surface area contributed by atoms with Crippen molar-refractivity contribution in [2.75, 3.05) is 19.6 Å². The van der Waals surface area contributed by atoms with Crippen LogP contribution in [-0.4, -0.2) is 35.0 Å². The largest absolute Gasteiger partial charge is 0.357 e. The maximum Gasteiger partial charge on any atom is 0.191 e. The summed E-state index contributed by atoms with van der Waals surface area (Å²) in [6.07, 6.45) is 8.62. The van der Waals surface area contributed by atoms with Gasteiger partial charge in [-0.25, -0.2) is 4.98 Å². The van der Waals surface area contributed by atoms with Crippen LogP contribution in [0.5, 0.6) is 0 Å². The Bertz CT molecular complexity index is 560. The lowest BCUT2D eigenvalue weighted by Crippen LogP contribution is -2.38. The minimum atomic E-state index is 0. The van der Waals surface area contributed by atoms with Crippen LogP contribution in [0.25, 0.3) is 5.65 Å². The van der Waals surface area contributed by atoms with Crippen molar-refractivity contribution < 1.29 is 0 Å². The Morgan fingerprint density at radius 3 is 2.83 bits per heavy atom. The zero-order chi connectivity index (χ0) is 15.6. The number of aromatic nitrogens is 2. The molecule has 0 aliphatic heterocycles. The van der Waals surface area contributed by atoms with Gasteiger partial charge in [-0.05, 0) is 25.5 Å². The zero-order valence-corrected chi connectivity index (χ0v) is 16.4. The average molecular weight is 429 g/mol. The topological polar surface area (TPSA) is 53.7 Å². The van der Waals surface area contributed by atoms with E-state index < -0.39 is 0 Å². The fourth-order valence-corrected chi connectivity index (χ4v) is 2.31. The van der Waals surface area contributed by atoms with Gasteiger partial charge >= 0.3 is 0 Å².